The van der Waals surface area contributed by atoms with Crippen LogP contribution in [-0.4, -0.2) is 32.6 Å². The Morgan fingerprint density at radius 3 is 2.73 bits per heavy atom. The molecule has 0 fully saturated rings. The summed E-state index contributed by atoms with van der Waals surface area (Å²) < 4.78 is 7.04. The van der Waals surface area contributed by atoms with Crippen LogP contribution in [-0.2, 0) is 22.6 Å². The maximum atomic E-state index is 12.8. The van der Waals surface area contributed by atoms with Gasteiger partial charge in [-0.15, -0.1) is 10.2 Å². The van der Waals surface area contributed by atoms with Gasteiger partial charge in [-0.2, -0.15) is 0 Å². The highest BCUT2D eigenvalue weighted by Crippen LogP contribution is 2.27. The second kappa shape index (κ2) is 8.33. The predicted octanol–water partition coefficient (Wildman–Crippen LogP) is 4.11. The van der Waals surface area contributed by atoms with Crippen LogP contribution in [0.2, 0.25) is 0 Å². The molecular weight excluding hydrogens is 398 g/mol. The van der Waals surface area contributed by atoms with Crippen molar-refractivity contribution in [3.05, 3.63) is 63.9 Å². The number of aromatic nitrogens is 4. The van der Waals surface area contributed by atoms with Gasteiger partial charge >= 0.3 is 0 Å². The molecule has 0 aliphatic heterocycles. The third-order valence-corrected chi connectivity index (χ3v) is 5.78. The van der Waals surface area contributed by atoms with Crippen LogP contribution in [0, 0.1) is 20.8 Å². The molecule has 1 aromatic carbocycles. The molecule has 1 amide bonds. The number of benzene rings is 1. The molecule has 0 atom stereocenters. The van der Waals surface area contributed by atoms with E-state index in [1.54, 1.807) is 7.11 Å². The number of amides is 1. The van der Waals surface area contributed by atoms with E-state index in [0.29, 0.717) is 16.7 Å². The minimum Gasteiger partial charge on any atom is -0.377 e. The molecule has 0 radical (unpaired) electrons. The van der Waals surface area contributed by atoms with E-state index in [2.05, 4.69) is 47.6 Å². The number of hydrogen-bond donors (Lipinski definition) is 1. The summed E-state index contributed by atoms with van der Waals surface area (Å²) in [7, 11) is 1.60. The van der Waals surface area contributed by atoms with Crippen LogP contribution >= 0.6 is 11.3 Å². The maximum Gasteiger partial charge on any atom is 0.232 e. The van der Waals surface area contributed by atoms with Crippen molar-refractivity contribution in [2.45, 2.75) is 33.8 Å². The molecule has 3 heterocycles. The zero-order chi connectivity index (χ0) is 21.3. The van der Waals surface area contributed by atoms with Crippen LogP contribution in [0.5, 0.6) is 0 Å². The number of fused-ring (bicyclic) bond motifs is 1. The topological polar surface area (TPSA) is 81.4 Å². The smallest absolute Gasteiger partial charge is 0.232 e. The molecule has 154 valence electrons. The van der Waals surface area contributed by atoms with Crippen molar-refractivity contribution in [3.8, 4) is 11.3 Å². The van der Waals surface area contributed by atoms with Gasteiger partial charge in [-0.1, -0.05) is 23.5 Å². The van der Waals surface area contributed by atoms with Crippen LogP contribution < -0.4 is 5.32 Å². The second-order valence-electron chi connectivity index (χ2n) is 7.30. The number of nitrogens with one attached hydrogen (secondary N) is 1. The average molecular weight is 422 g/mol. The van der Waals surface area contributed by atoms with Crippen molar-refractivity contribution >= 4 is 28.0 Å². The van der Waals surface area contributed by atoms with Crippen molar-refractivity contribution in [1.29, 1.82) is 0 Å². The van der Waals surface area contributed by atoms with E-state index in [0.717, 1.165) is 28.2 Å². The first kappa shape index (κ1) is 20.2. The molecule has 4 aromatic rings. The van der Waals surface area contributed by atoms with Gasteiger partial charge in [0.25, 0.3) is 0 Å². The summed E-state index contributed by atoms with van der Waals surface area (Å²) in [6.45, 7) is 6.57. The first-order valence-electron chi connectivity index (χ1n) is 9.61. The summed E-state index contributed by atoms with van der Waals surface area (Å²) in [6, 6.07) is 10.3. The van der Waals surface area contributed by atoms with Gasteiger partial charge in [0, 0.05) is 18.9 Å². The lowest BCUT2D eigenvalue weighted by atomic mass is 10.0. The fourth-order valence-corrected chi connectivity index (χ4v) is 4.02. The van der Waals surface area contributed by atoms with E-state index in [4.69, 9.17) is 9.72 Å². The largest absolute Gasteiger partial charge is 0.377 e. The van der Waals surface area contributed by atoms with Gasteiger partial charge in [0.2, 0.25) is 11.0 Å². The minimum absolute atomic E-state index is 0.164. The summed E-state index contributed by atoms with van der Waals surface area (Å²) in [5, 5.41) is 12.0. The Morgan fingerprint density at radius 2 is 1.97 bits per heavy atom. The van der Waals surface area contributed by atoms with Crippen LogP contribution in [0.15, 0.2) is 36.5 Å². The molecule has 0 spiro atoms. The molecule has 0 aliphatic carbocycles. The molecule has 7 nitrogen and oxygen atoms in total. The number of aryl methyl sites for hydroxylation is 3. The zero-order valence-electron chi connectivity index (χ0n) is 17.4. The second-order valence-corrected chi connectivity index (χ2v) is 8.36. The lowest BCUT2D eigenvalue weighted by molar-refractivity contribution is -0.115. The van der Waals surface area contributed by atoms with Gasteiger partial charge in [0.05, 0.1) is 17.8 Å². The van der Waals surface area contributed by atoms with Crippen molar-refractivity contribution in [1.82, 2.24) is 19.6 Å². The summed E-state index contributed by atoms with van der Waals surface area (Å²) >= 11 is 1.31. The van der Waals surface area contributed by atoms with Gasteiger partial charge in [-0.05, 0) is 55.7 Å². The van der Waals surface area contributed by atoms with E-state index < -0.39 is 0 Å². The third-order valence-electron chi connectivity index (χ3n) is 4.97. The summed E-state index contributed by atoms with van der Waals surface area (Å²) in [5.74, 6) is -0.164. The summed E-state index contributed by atoms with van der Waals surface area (Å²) in [4.78, 5) is 17.7. The lowest BCUT2D eigenvalue weighted by Gasteiger charge is -2.07. The third kappa shape index (κ3) is 4.10. The van der Waals surface area contributed by atoms with Crippen LogP contribution in [0.4, 0.5) is 5.13 Å². The monoisotopic (exact) mass is 421 g/mol. The molecule has 8 heteroatoms. The van der Waals surface area contributed by atoms with E-state index in [1.165, 1.54) is 22.5 Å². The number of ether oxygens (including phenoxy) is 1. The number of methoxy groups -OCH3 is 1. The van der Waals surface area contributed by atoms with Crippen molar-refractivity contribution in [3.63, 3.8) is 0 Å². The Hall–Kier alpha value is -3.10. The molecule has 0 saturated heterocycles. The van der Waals surface area contributed by atoms with Gasteiger partial charge < -0.3 is 14.5 Å². The van der Waals surface area contributed by atoms with Gasteiger partial charge in [0.15, 0.2) is 0 Å². The SMILES string of the molecule is COCc1nnc(NC(=O)Cc2c(-c3ccc(C)c(C)c3)nc3cc(C)ccn23)s1. The highest BCUT2D eigenvalue weighted by atomic mass is 32.1. The number of carbonyl (C=O) groups is 1. The number of nitrogens with zero attached hydrogens (tertiary/aromatic N) is 4. The first-order chi connectivity index (χ1) is 14.4. The molecular formula is C22H23N5O2S. The molecule has 3 aromatic heterocycles. The predicted molar refractivity (Wildman–Crippen MR) is 118 cm³/mol. The number of carbonyl (C=O) groups excluding carboxylic acids is 1. The number of rotatable bonds is 6. The van der Waals surface area contributed by atoms with Gasteiger partial charge in [-0.3, -0.25) is 4.79 Å². The Kier molecular flexibility index (Phi) is 5.61. The number of anilines is 1. The standard InChI is InChI=1S/C22H23N5O2S/c1-13-7-8-27-17(11-19(28)24-22-26-25-20(30-22)12-29-4)21(23-18(27)9-13)16-6-5-14(2)15(3)10-16/h5-10H,11-12H2,1-4H3,(H,24,26,28). The Bertz CT molecular complexity index is 1230. The van der Waals surface area contributed by atoms with Gasteiger partial charge in [0.1, 0.15) is 17.3 Å². The minimum atomic E-state index is -0.164. The molecule has 30 heavy (non-hydrogen) atoms. The Labute approximate surface area is 178 Å². The molecule has 4 rings (SSSR count). The molecule has 0 unspecified atom stereocenters. The van der Waals surface area contributed by atoms with Crippen molar-refractivity contribution in [2.75, 3.05) is 12.4 Å². The van der Waals surface area contributed by atoms with Crippen molar-refractivity contribution in [2.24, 2.45) is 0 Å². The van der Waals surface area contributed by atoms with Crippen LogP contribution in [0.3, 0.4) is 0 Å². The average Bonchev–Trinajstić information content (AvgIpc) is 3.28. The molecule has 1 N–H and O–H groups in total. The zero-order valence-corrected chi connectivity index (χ0v) is 18.2. The maximum absolute atomic E-state index is 12.8. The number of imidazole rings is 1. The fraction of sp³-hybridized carbons (Fsp3) is 0.273. The van der Waals surface area contributed by atoms with E-state index in [9.17, 15) is 4.79 Å². The van der Waals surface area contributed by atoms with E-state index in [1.807, 2.05) is 29.7 Å². The molecule has 0 saturated carbocycles. The number of pyridine rings is 1. The highest BCUT2D eigenvalue weighted by Gasteiger charge is 2.18. The summed E-state index contributed by atoms with van der Waals surface area (Å²) in [5.41, 5.74) is 7.01. The molecule has 0 bridgehead atoms. The summed E-state index contributed by atoms with van der Waals surface area (Å²) in [6.07, 6.45) is 2.14. The number of hydrogen-bond acceptors (Lipinski definition) is 6. The Morgan fingerprint density at radius 1 is 1.13 bits per heavy atom. The first-order valence-corrected chi connectivity index (χ1v) is 10.4. The van der Waals surface area contributed by atoms with E-state index >= 15 is 0 Å². The normalized spacial score (nSPS) is 11.2. The Balaban J connectivity index is 1.69. The van der Waals surface area contributed by atoms with Gasteiger partial charge in [-0.25, -0.2) is 4.98 Å². The highest BCUT2D eigenvalue weighted by molar-refractivity contribution is 7.15. The fourth-order valence-electron chi connectivity index (χ4n) is 3.29. The van der Waals surface area contributed by atoms with Crippen molar-refractivity contribution < 1.29 is 9.53 Å². The quantitative estimate of drug-likeness (QED) is 0.507. The van der Waals surface area contributed by atoms with E-state index in [-0.39, 0.29) is 12.3 Å². The molecule has 0 aliphatic rings. The lowest BCUT2D eigenvalue weighted by Crippen LogP contribution is -2.16. The van der Waals surface area contributed by atoms with Crippen LogP contribution in [0.1, 0.15) is 27.4 Å². The van der Waals surface area contributed by atoms with Crippen LogP contribution in [0.25, 0.3) is 16.9 Å².